The van der Waals surface area contributed by atoms with Crippen LogP contribution >= 0.6 is 0 Å². The fraction of sp³-hybridized carbons (Fsp3) is 0. The highest BCUT2D eigenvalue weighted by Crippen LogP contribution is 2.31. The second-order valence-corrected chi connectivity index (χ2v) is 3.65. The topological polar surface area (TPSA) is 38.9 Å². The Labute approximate surface area is 98.8 Å². The Hall–Kier alpha value is -2.42. The van der Waals surface area contributed by atoms with Crippen LogP contribution in [-0.2, 0) is 0 Å². The lowest BCUT2D eigenvalue weighted by atomic mass is 9.99. The highest BCUT2D eigenvalue weighted by Gasteiger charge is 2.08. The number of oxazole rings is 1. The molecule has 0 saturated carbocycles. The van der Waals surface area contributed by atoms with Crippen molar-refractivity contribution in [3.63, 3.8) is 0 Å². The standard InChI is InChI=1S/C14H10N2O/c1-2-4-13(14-9-16-10-17-14)12(3-1)11-5-7-15-8-6-11/h1-10H. The molecule has 0 spiro atoms. The molecule has 0 aliphatic heterocycles. The van der Waals surface area contributed by atoms with Crippen molar-refractivity contribution in [2.75, 3.05) is 0 Å². The van der Waals surface area contributed by atoms with Crippen LogP contribution in [0.3, 0.4) is 0 Å². The predicted molar refractivity (Wildman–Crippen MR) is 65.2 cm³/mol. The van der Waals surface area contributed by atoms with Crippen molar-refractivity contribution in [2.45, 2.75) is 0 Å². The molecule has 0 radical (unpaired) electrons. The minimum atomic E-state index is 0.775. The third-order valence-electron chi connectivity index (χ3n) is 2.62. The largest absolute Gasteiger partial charge is 0.443 e. The minimum absolute atomic E-state index is 0.775. The summed E-state index contributed by atoms with van der Waals surface area (Å²) in [7, 11) is 0. The normalized spacial score (nSPS) is 10.4. The molecule has 82 valence electrons. The van der Waals surface area contributed by atoms with E-state index in [9.17, 15) is 0 Å². The molecule has 0 amide bonds. The van der Waals surface area contributed by atoms with Gasteiger partial charge in [0, 0.05) is 18.0 Å². The molecule has 1 aromatic carbocycles. The monoisotopic (exact) mass is 222 g/mol. The molecule has 2 aromatic heterocycles. The van der Waals surface area contributed by atoms with Gasteiger partial charge in [0.15, 0.2) is 12.2 Å². The zero-order valence-electron chi connectivity index (χ0n) is 9.08. The lowest BCUT2D eigenvalue weighted by Gasteiger charge is -2.06. The summed E-state index contributed by atoms with van der Waals surface area (Å²) in [5.41, 5.74) is 3.27. The minimum Gasteiger partial charge on any atom is -0.443 e. The Bertz CT molecular complexity index is 603. The van der Waals surface area contributed by atoms with E-state index in [1.54, 1.807) is 18.6 Å². The van der Waals surface area contributed by atoms with Gasteiger partial charge < -0.3 is 4.42 Å². The molecule has 2 heterocycles. The fourth-order valence-corrected chi connectivity index (χ4v) is 1.83. The molecule has 17 heavy (non-hydrogen) atoms. The van der Waals surface area contributed by atoms with Crippen LogP contribution in [0.4, 0.5) is 0 Å². The van der Waals surface area contributed by atoms with Gasteiger partial charge in [-0.1, -0.05) is 24.3 Å². The van der Waals surface area contributed by atoms with Crippen LogP contribution < -0.4 is 0 Å². The number of rotatable bonds is 2. The van der Waals surface area contributed by atoms with Gasteiger partial charge in [-0.3, -0.25) is 4.98 Å². The van der Waals surface area contributed by atoms with Gasteiger partial charge in [-0.15, -0.1) is 0 Å². The average Bonchev–Trinajstić information content (AvgIpc) is 2.94. The molecule has 0 saturated heterocycles. The molecule has 3 heteroatoms. The zero-order chi connectivity index (χ0) is 11.5. The first-order chi connectivity index (χ1) is 8.45. The first kappa shape index (κ1) is 9.78. The molecule has 0 fully saturated rings. The molecule has 3 rings (SSSR count). The van der Waals surface area contributed by atoms with Gasteiger partial charge in [0.1, 0.15) is 0 Å². The Morgan fingerprint density at radius 1 is 0.824 bits per heavy atom. The smallest absolute Gasteiger partial charge is 0.181 e. The number of benzene rings is 1. The SMILES string of the molecule is c1ccc(-c2cnco2)c(-c2ccncc2)c1. The molecule has 3 aromatic rings. The van der Waals surface area contributed by atoms with Gasteiger partial charge in [-0.05, 0) is 23.3 Å². The van der Waals surface area contributed by atoms with E-state index in [4.69, 9.17) is 4.42 Å². The maximum atomic E-state index is 5.35. The Balaban J connectivity index is 2.18. The summed E-state index contributed by atoms with van der Waals surface area (Å²) in [5, 5.41) is 0. The van der Waals surface area contributed by atoms with Crippen LogP contribution in [-0.4, -0.2) is 9.97 Å². The summed E-state index contributed by atoms with van der Waals surface area (Å²) in [5.74, 6) is 0.775. The quantitative estimate of drug-likeness (QED) is 0.667. The van der Waals surface area contributed by atoms with Gasteiger partial charge in [-0.2, -0.15) is 0 Å². The van der Waals surface area contributed by atoms with Crippen molar-refractivity contribution >= 4 is 0 Å². The van der Waals surface area contributed by atoms with E-state index in [1.807, 2.05) is 30.3 Å². The van der Waals surface area contributed by atoms with Crippen LogP contribution in [0, 0.1) is 0 Å². The number of pyridine rings is 1. The fourth-order valence-electron chi connectivity index (χ4n) is 1.83. The molecule has 0 unspecified atom stereocenters. The molecular weight excluding hydrogens is 212 g/mol. The summed E-state index contributed by atoms with van der Waals surface area (Å²) in [4.78, 5) is 7.98. The van der Waals surface area contributed by atoms with Gasteiger partial charge in [0.2, 0.25) is 0 Å². The summed E-state index contributed by atoms with van der Waals surface area (Å²) in [6.07, 6.45) is 6.73. The van der Waals surface area contributed by atoms with Crippen molar-refractivity contribution in [3.05, 3.63) is 61.4 Å². The van der Waals surface area contributed by atoms with Gasteiger partial charge in [0.25, 0.3) is 0 Å². The number of hydrogen-bond donors (Lipinski definition) is 0. The summed E-state index contributed by atoms with van der Waals surface area (Å²) in [6, 6.07) is 12.0. The number of nitrogens with zero attached hydrogens (tertiary/aromatic N) is 2. The zero-order valence-corrected chi connectivity index (χ0v) is 9.08. The van der Waals surface area contributed by atoms with E-state index in [0.29, 0.717) is 0 Å². The first-order valence-corrected chi connectivity index (χ1v) is 5.33. The average molecular weight is 222 g/mol. The maximum Gasteiger partial charge on any atom is 0.181 e. The second kappa shape index (κ2) is 4.22. The van der Waals surface area contributed by atoms with Crippen LogP contribution in [0.1, 0.15) is 0 Å². The van der Waals surface area contributed by atoms with Crippen LogP contribution in [0.2, 0.25) is 0 Å². The summed E-state index contributed by atoms with van der Waals surface area (Å²) < 4.78 is 5.35. The van der Waals surface area contributed by atoms with Gasteiger partial charge in [-0.25, -0.2) is 4.98 Å². The molecule has 0 aliphatic rings. The Kier molecular flexibility index (Phi) is 2.43. The Morgan fingerprint density at radius 3 is 2.29 bits per heavy atom. The molecular formula is C14H10N2O. The second-order valence-electron chi connectivity index (χ2n) is 3.65. The van der Waals surface area contributed by atoms with E-state index in [0.717, 1.165) is 22.5 Å². The van der Waals surface area contributed by atoms with E-state index in [-0.39, 0.29) is 0 Å². The Morgan fingerprint density at radius 2 is 1.59 bits per heavy atom. The van der Waals surface area contributed by atoms with Gasteiger partial charge in [0.05, 0.1) is 6.20 Å². The van der Waals surface area contributed by atoms with Crippen molar-refractivity contribution in [2.24, 2.45) is 0 Å². The van der Waals surface area contributed by atoms with Crippen LogP contribution in [0.15, 0.2) is 65.8 Å². The lowest BCUT2D eigenvalue weighted by molar-refractivity contribution is 0.572. The third-order valence-corrected chi connectivity index (χ3v) is 2.62. The van der Waals surface area contributed by atoms with Crippen LogP contribution in [0.25, 0.3) is 22.5 Å². The van der Waals surface area contributed by atoms with Crippen LogP contribution in [0.5, 0.6) is 0 Å². The lowest BCUT2D eigenvalue weighted by Crippen LogP contribution is -1.83. The van der Waals surface area contributed by atoms with Gasteiger partial charge >= 0.3 is 0 Å². The summed E-state index contributed by atoms with van der Waals surface area (Å²) >= 11 is 0. The number of aromatic nitrogens is 2. The van der Waals surface area contributed by atoms with Crippen molar-refractivity contribution in [1.29, 1.82) is 0 Å². The highest BCUT2D eigenvalue weighted by atomic mass is 16.3. The van der Waals surface area contributed by atoms with E-state index < -0.39 is 0 Å². The molecule has 0 N–H and O–H groups in total. The third kappa shape index (κ3) is 1.83. The van der Waals surface area contributed by atoms with E-state index >= 15 is 0 Å². The predicted octanol–water partition coefficient (Wildman–Crippen LogP) is 3.40. The summed E-state index contributed by atoms with van der Waals surface area (Å²) in [6.45, 7) is 0. The number of hydrogen-bond acceptors (Lipinski definition) is 3. The van der Waals surface area contributed by atoms with Crippen molar-refractivity contribution in [1.82, 2.24) is 9.97 Å². The molecule has 0 aliphatic carbocycles. The maximum absolute atomic E-state index is 5.35. The van der Waals surface area contributed by atoms with Crippen molar-refractivity contribution < 1.29 is 4.42 Å². The van der Waals surface area contributed by atoms with E-state index in [2.05, 4.69) is 16.0 Å². The van der Waals surface area contributed by atoms with E-state index in [1.165, 1.54) is 6.39 Å². The van der Waals surface area contributed by atoms with Crippen molar-refractivity contribution in [3.8, 4) is 22.5 Å². The molecule has 0 atom stereocenters. The first-order valence-electron chi connectivity index (χ1n) is 5.33. The molecule has 0 bridgehead atoms. The highest BCUT2D eigenvalue weighted by molar-refractivity contribution is 5.80. The molecule has 3 nitrogen and oxygen atoms in total.